The van der Waals surface area contributed by atoms with Crippen LogP contribution in [0.5, 0.6) is 0 Å². The highest BCUT2D eigenvalue weighted by Gasteiger charge is 2.25. The molecule has 0 aromatic heterocycles. The minimum Gasteiger partial charge on any atom is -0.379 e. The molecule has 0 spiro atoms. The van der Waals surface area contributed by atoms with Gasteiger partial charge in [0.05, 0.1) is 13.2 Å². The summed E-state index contributed by atoms with van der Waals surface area (Å²) < 4.78 is 5.25. The van der Waals surface area contributed by atoms with E-state index >= 15 is 0 Å². The highest BCUT2D eigenvalue weighted by atomic mass is 16.5. The zero-order valence-electron chi connectivity index (χ0n) is 29.7. The van der Waals surface area contributed by atoms with Gasteiger partial charge in [-0.15, -0.1) is 0 Å². The normalized spacial score (nSPS) is 23.3. The highest BCUT2D eigenvalue weighted by Crippen LogP contribution is 2.20. The minimum absolute atomic E-state index is 0.323. The first-order valence-electron chi connectivity index (χ1n) is 16.6. The van der Waals surface area contributed by atoms with Crippen LogP contribution in [0.15, 0.2) is 0 Å². The Kier molecular flexibility index (Phi) is 16.2. The first-order chi connectivity index (χ1) is 18.3. The fourth-order valence-electron chi connectivity index (χ4n) is 5.66. The number of piperidine rings is 1. The van der Waals surface area contributed by atoms with E-state index in [0.717, 1.165) is 26.3 Å². The molecule has 0 radical (unpaired) electrons. The Bertz CT molecular complexity index is 601. The van der Waals surface area contributed by atoms with Crippen molar-refractivity contribution in [2.75, 3.05) is 85.7 Å². The van der Waals surface area contributed by atoms with Gasteiger partial charge in [0.1, 0.15) is 0 Å². The number of nitrogens with zero attached hydrogens (tertiary/aromatic N) is 5. The monoisotopic (exact) mass is 568 g/mol. The maximum Gasteiger partial charge on any atom is 0.0594 e. The fourth-order valence-corrected chi connectivity index (χ4v) is 5.66. The Balaban J connectivity index is 0.000000267. The molecule has 0 amide bonds. The Morgan fingerprint density at radius 2 is 0.625 bits per heavy atom. The number of hydrogen-bond acceptors (Lipinski definition) is 6. The SMILES string of the molecule is CC(C)(C)N1CCCC1.CC(C)(C)N1CCCCC1.CC(C)(C)N1CCOCC1.CN1CCN(C(C)(C)C)CC1. The third-order valence-corrected chi connectivity index (χ3v) is 8.77. The van der Waals surface area contributed by atoms with Crippen LogP contribution in [0, 0.1) is 0 Å². The lowest BCUT2D eigenvalue weighted by Crippen LogP contribution is -2.52. The van der Waals surface area contributed by atoms with E-state index < -0.39 is 0 Å². The van der Waals surface area contributed by atoms with Crippen molar-refractivity contribution in [3.63, 3.8) is 0 Å². The molecule has 4 aliphatic rings. The van der Waals surface area contributed by atoms with Crippen LogP contribution in [0.3, 0.4) is 0 Å². The molecule has 4 heterocycles. The lowest BCUT2D eigenvalue weighted by atomic mass is 10.0. The Morgan fingerprint density at radius 3 is 0.900 bits per heavy atom. The van der Waals surface area contributed by atoms with Gasteiger partial charge in [-0.25, -0.2) is 0 Å². The van der Waals surface area contributed by atoms with Crippen LogP contribution in [-0.4, -0.2) is 132 Å². The molecule has 4 aliphatic heterocycles. The molecular weight excluding hydrogens is 494 g/mol. The van der Waals surface area contributed by atoms with Crippen molar-refractivity contribution in [1.82, 2.24) is 24.5 Å². The average Bonchev–Trinajstić information content (AvgIpc) is 3.41. The topological polar surface area (TPSA) is 25.4 Å². The number of hydrogen-bond donors (Lipinski definition) is 0. The summed E-state index contributed by atoms with van der Waals surface area (Å²) in [6.45, 7) is 41.5. The van der Waals surface area contributed by atoms with Crippen LogP contribution in [0.1, 0.15) is 115 Å². The second kappa shape index (κ2) is 17.2. The van der Waals surface area contributed by atoms with E-state index in [4.69, 9.17) is 4.74 Å². The molecule has 0 aromatic rings. The lowest BCUT2D eigenvalue weighted by Gasteiger charge is -2.41. The lowest BCUT2D eigenvalue weighted by molar-refractivity contribution is -0.00389. The summed E-state index contributed by atoms with van der Waals surface area (Å²) >= 11 is 0. The van der Waals surface area contributed by atoms with E-state index in [1.165, 1.54) is 84.5 Å². The molecule has 0 saturated carbocycles. The summed E-state index contributed by atoms with van der Waals surface area (Å²) in [6.07, 6.45) is 7.04. The van der Waals surface area contributed by atoms with Crippen molar-refractivity contribution < 1.29 is 4.74 Å². The molecule has 6 nitrogen and oxygen atoms in total. The van der Waals surface area contributed by atoms with Crippen LogP contribution in [0.2, 0.25) is 0 Å². The Hall–Kier alpha value is -0.240. The van der Waals surface area contributed by atoms with E-state index in [1.54, 1.807) is 0 Å². The molecule has 6 heteroatoms. The Labute approximate surface area is 252 Å². The predicted octanol–water partition coefficient (Wildman–Crippen LogP) is 6.30. The summed E-state index contributed by atoms with van der Waals surface area (Å²) in [4.78, 5) is 12.5. The van der Waals surface area contributed by atoms with E-state index in [0.29, 0.717) is 22.2 Å². The summed E-state index contributed by atoms with van der Waals surface area (Å²) in [5.74, 6) is 0. The molecule has 0 unspecified atom stereocenters. The van der Waals surface area contributed by atoms with Gasteiger partial charge in [0.15, 0.2) is 0 Å². The summed E-state index contributed by atoms with van der Waals surface area (Å²) in [7, 11) is 2.19. The Morgan fingerprint density at radius 1 is 0.350 bits per heavy atom. The third-order valence-electron chi connectivity index (χ3n) is 8.77. The van der Waals surface area contributed by atoms with Gasteiger partial charge in [-0.3, -0.25) is 19.6 Å². The first kappa shape index (κ1) is 37.8. The average molecular weight is 568 g/mol. The van der Waals surface area contributed by atoms with Gasteiger partial charge in [-0.05, 0) is 142 Å². The van der Waals surface area contributed by atoms with Gasteiger partial charge < -0.3 is 9.64 Å². The van der Waals surface area contributed by atoms with E-state index in [2.05, 4.69) is 115 Å². The van der Waals surface area contributed by atoms with Crippen molar-refractivity contribution in [3.05, 3.63) is 0 Å². The maximum absolute atomic E-state index is 5.25. The van der Waals surface area contributed by atoms with Crippen molar-refractivity contribution in [3.8, 4) is 0 Å². The molecule has 40 heavy (non-hydrogen) atoms. The van der Waals surface area contributed by atoms with Crippen molar-refractivity contribution in [2.45, 2.75) is 137 Å². The quantitative estimate of drug-likeness (QED) is 0.341. The smallest absolute Gasteiger partial charge is 0.0594 e. The maximum atomic E-state index is 5.25. The highest BCUT2D eigenvalue weighted by molar-refractivity contribution is 4.82. The van der Waals surface area contributed by atoms with Crippen LogP contribution >= 0.6 is 0 Å². The number of piperazine rings is 1. The van der Waals surface area contributed by atoms with E-state index in [-0.39, 0.29) is 0 Å². The first-order valence-corrected chi connectivity index (χ1v) is 16.6. The number of morpholine rings is 1. The number of ether oxygens (including phenoxy) is 1. The third kappa shape index (κ3) is 15.8. The molecule has 240 valence electrons. The van der Waals surface area contributed by atoms with Crippen molar-refractivity contribution >= 4 is 0 Å². The van der Waals surface area contributed by atoms with Gasteiger partial charge in [0.25, 0.3) is 0 Å². The minimum atomic E-state index is 0.323. The van der Waals surface area contributed by atoms with E-state index in [1.807, 2.05) is 0 Å². The molecule has 4 fully saturated rings. The zero-order chi connectivity index (χ0) is 30.6. The largest absolute Gasteiger partial charge is 0.379 e. The zero-order valence-corrected chi connectivity index (χ0v) is 29.7. The molecule has 0 N–H and O–H groups in total. The number of rotatable bonds is 0. The number of likely N-dealkylation sites (N-methyl/N-ethyl adjacent to an activating group) is 1. The van der Waals surface area contributed by atoms with Crippen LogP contribution in [0.4, 0.5) is 0 Å². The van der Waals surface area contributed by atoms with Gasteiger partial charge in [-0.1, -0.05) is 6.42 Å². The van der Waals surface area contributed by atoms with Gasteiger partial charge in [-0.2, -0.15) is 0 Å². The van der Waals surface area contributed by atoms with Crippen molar-refractivity contribution in [2.24, 2.45) is 0 Å². The summed E-state index contributed by atoms with van der Waals surface area (Å²) in [5.41, 5.74) is 1.50. The molecular formula is C34H73N5O. The van der Waals surface area contributed by atoms with Crippen LogP contribution < -0.4 is 0 Å². The summed E-state index contributed by atoms with van der Waals surface area (Å²) in [6, 6.07) is 0. The van der Waals surface area contributed by atoms with E-state index in [9.17, 15) is 0 Å². The molecule has 0 aliphatic carbocycles. The standard InChI is InChI=1S/C9H20N2.C9H19N.C8H17NO.C8H17N/c1-9(2,3)11-7-5-10(4)6-8-11;1-9(2,3)10-7-5-4-6-8-10;1-8(2,3)9-4-6-10-7-5-9;1-8(2,3)9-6-4-5-7-9/h5-8H2,1-4H3;4-8H2,1-3H3;4-7H2,1-3H3;4-7H2,1-3H3. The van der Waals surface area contributed by atoms with Crippen molar-refractivity contribution in [1.29, 1.82) is 0 Å². The van der Waals surface area contributed by atoms with Crippen LogP contribution in [-0.2, 0) is 4.74 Å². The van der Waals surface area contributed by atoms with Gasteiger partial charge >= 0.3 is 0 Å². The molecule has 4 saturated heterocycles. The van der Waals surface area contributed by atoms with Crippen LogP contribution in [0.25, 0.3) is 0 Å². The second-order valence-electron chi connectivity index (χ2n) is 16.3. The molecule has 4 rings (SSSR count). The summed E-state index contributed by atoms with van der Waals surface area (Å²) in [5, 5.41) is 0. The number of likely N-dealkylation sites (tertiary alicyclic amines) is 2. The van der Waals surface area contributed by atoms with Gasteiger partial charge in [0.2, 0.25) is 0 Å². The second-order valence-corrected chi connectivity index (χ2v) is 16.3. The molecule has 0 aromatic carbocycles. The van der Waals surface area contributed by atoms with Gasteiger partial charge in [0, 0.05) is 61.4 Å². The molecule has 0 bridgehead atoms. The predicted molar refractivity (Wildman–Crippen MR) is 177 cm³/mol. The molecule has 0 atom stereocenters. The fraction of sp³-hybridized carbons (Fsp3) is 1.00.